The molecule has 7 nitrogen and oxygen atoms in total. The maximum Gasteiger partial charge on any atom is 0.226 e. The van der Waals surface area contributed by atoms with Crippen molar-refractivity contribution < 1.29 is 4.84 Å². The second-order valence-electron chi connectivity index (χ2n) is 3.88. The first kappa shape index (κ1) is 11.3. The Bertz CT molecular complexity index is 685. The molecule has 0 bridgehead atoms. The summed E-state index contributed by atoms with van der Waals surface area (Å²) in [5.74, 6) is 1.09. The molecule has 3 rings (SSSR count). The highest BCUT2D eigenvalue weighted by atomic mass is 32.1. The molecular weight excluding hydrogens is 254 g/mol. The lowest BCUT2D eigenvalue weighted by Gasteiger charge is -2.26. The fourth-order valence-corrected chi connectivity index (χ4v) is 1.99. The van der Waals surface area contributed by atoms with Gasteiger partial charge in [0.15, 0.2) is 16.8 Å². The Morgan fingerprint density at radius 1 is 1.61 bits per heavy atom. The molecule has 2 aromatic rings. The van der Waals surface area contributed by atoms with Crippen molar-refractivity contribution in [2.45, 2.75) is 6.04 Å². The highest BCUT2D eigenvalue weighted by Gasteiger charge is 2.17. The zero-order chi connectivity index (χ0) is 12.5. The van der Waals surface area contributed by atoms with E-state index in [1.807, 2.05) is 0 Å². The fourth-order valence-electron chi connectivity index (χ4n) is 1.79. The third kappa shape index (κ3) is 1.79. The minimum absolute atomic E-state index is 0.0442. The summed E-state index contributed by atoms with van der Waals surface area (Å²) >= 11 is 4.21. The first-order chi connectivity index (χ1) is 8.79. The number of thiol groups is 1. The van der Waals surface area contributed by atoms with E-state index in [1.54, 1.807) is 12.3 Å². The summed E-state index contributed by atoms with van der Waals surface area (Å²) < 4.78 is 1.47. The SMILES string of the molecule is O=c1cnc2ccnn2/c1=C1/NOCC(CS)N1. The zero-order valence-electron chi connectivity index (χ0n) is 9.33. The largest absolute Gasteiger partial charge is 0.362 e. The van der Waals surface area contributed by atoms with Crippen molar-refractivity contribution in [2.24, 2.45) is 0 Å². The third-order valence-corrected chi connectivity index (χ3v) is 3.09. The van der Waals surface area contributed by atoms with E-state index in [4.69, 9.17) is 4.84 Å². The van der Waals surface area contributed by atoms with Crippen LogP contribution in [0.25, 0.3) is 11.5 Å². The van der Waals surface area contributed by atoms with Gasteiger partial charge in [-0.15, -0.1) is 0 Å². The van der Waals surface area contributed by atoms with Crippen LogP contribution in [0.5, 0.6) is 0 Å². The molecule has 0 aliphatic carbocycles. The number of hydrogen-bond donors (Lipinski definition) is 3. The molecule has 0 aromatic carbocycles. The van der Waals surface area contributed by atoms with Crippen molar-refractivity contribution in [2.75, 3.05) is 12.4 Å². The van der Waals surface area contributed by atoms with E-state index in [2.05, 4.69) is 33.5 Å². The minimum atomic E-state index is -0.232. The second kappa shape index (κ2) is 4.46. The number of nitrogens with one attached hydrogen (secondary N) is 2. The molecule has 0 amide bonds. The van der Waals surface area contributed by atoms with Gasteiger partial charge in [0.25, 0.3) is 0 Å². The molecule has 0 radical (unpaired) electrons. The molecule has 2 aromatic heterocycles. The molecule has 8 heteroatoms. The van der Waals surface area contributed by atoms with E-state index in [9.17, 15) is 4.79 Å². The van der Waals surface area contributed by atoms with Crippen LogP contribution in [0.1, 0.15) is 0 Å². The Morgan fingerprint density at radius 3 is 3.33 bits per heavy atom. The molecule has 1 atom stereocenters. The lowest BCUT2D eigenvalue weighted by Crippen LogP contribution is -2.51. The molecular formula is C10H11N5O2S. The van der Waals surface area contributed by atoms with Gasteiger partial charge in [0.05, 0.1) is 25.0 Å². The molecule has 0 spiro atoms. The molecule has 1 saturated heterocycles. The second-order valence-corrected chi connectivity index (χ2v) is 4.25. The number of nitrogens with zero attached hydrogens (tertiary/aromatic N) is 3. The lowest BCUT2D eigenvalue weighted by atomic mass is 10.3. The summed E-state index contributed by atoms with van der Waals surface area (Å²) in [6.45, 7) is 0.481. The van der Waals surface area contributed by atoms with Crippen molar-refractivity contribution in [3.63, 3.8) is 0 Å². The molecule has 1 aliphatic heterocycles. The average molecular weight is 265 g/mol. The van der Waals surface area contributed by atoms with Crippen LogP contribution in [0.2, 0.25) is 0 Å². The molecule has 1 unspecified atom stereocenters. The minimum Gasteiger partial charge on any atom is -0.362 e. The van der Waals surface area contributed by atoms with Crippen molar-refractivity contribution in [1.82, 2.24) is 25.4 Å². The summed E-state index contributed by atoms with van der Waals surface area (Å²) in [6, 6.07) is 1.77. The number of fused-ring (bicyclic) bond motifs is 1. The Kier molecular flexibility index (Phi) is 2.80. The van der Waals surface area contributed by atoms with Gasteiger partial charge >= 0.3 is 0 Å². The van der Waals surface area contributed by atoms with Crippen LogP contribution < -0.4 is 21.6 Å². The van der Waals surface area contributed by atoms with Gasteiger partial charge in [-0.1, -0.05) is 0 Å². The molecule has 1 fully saturated rings. The van der Waals surface area contributed by atoms with E-state index in [-0.39, 0.29) is 11.5 Å². The number of rotatable bonds is 1. The summed E-state index contributed by atoms with van der Waals surface area (Å²) in [4.78, 5) is 21.1. The summed E-state index contributed by atoms with van der Waals surface area (Å²) in [5.41, 5.74) is 3.08. The molecule has 2 N–H and O–H groups in total. The van der Waals surface area contributed by atoms with Gasteiger partial charge in [-0.3, -0.25) is 9.63 Å². The Labute approximate surface area is 107 Å². The predicted molar refractivity (Wildman–Crippen MR) is 67.7 cm³/mol. The van der Waals surface area contributed by atoms with Crippen LogP contribution in [0.4, 0.5) is 0 Å². The smallest absolute Gasteiger partial charge is 0.226 e. The third-order valence-electron chi connectivity index (χ3n) is 2.65. The molecule has 18 heavy (non-hydrogen) atoms. The summed E-state index contributed by atoms with van der Waals surface area (Å²) in [5, 5.41) is 7.61. The number of hydrogen-bond acceptors (Lipinski definition) is 7. The maximum atomic E-state index is 11.9. The van der Waals surface area contributed by atoms with Gasteiger partial charge in [-0.25, -0.2) is 15.0 Å². The molecule has 94 valence electrons. The number of aromatic nitrogens is 3. The van der Waals surface area contributed by atoms with Crippen molar-refractivity contribution in [1.29, 1.82) is 0 Å². The molecule has 3 heterocycles. The van der Waals surface area contributed by atoms with E-state index >= 15 is 0 Å². The van der Waals surface area contributed by atoms with Gasteiger partial charge < -0.3 is 5.32 Å². The van der Waals surface area contributed by atoms with Gasteiger partial charge in [0.2, 0.25) is 5.43 Å². The zero-order valence-corrected chi connectivity index (χ0v) is 10.2. The Morgan fingerprint density at radius 2 is 2.50 bits per heavy atom. The van der Waals surface area contributed by atoms with E-state index < -0.39 is 0 Å². The fraction of sp³-hybridized carbons (Fsp3) is 0.300. The van der Waals surface area contributed by atoms with Gasteiger partial charge in [0, 0.05) is 11.8 Å². The van der Waals surface area contributed by atoms with Crippen LogP contribution in [0.3, 0.4) is 0 Å². The first-order valence-electron chi connectivity index (χ1n) is 5.42. The quantitative estimate of drug-likeness (QED) is 0.533. The van der Waals surface area contributed by atoms with Gasteiger partial charge in [-0.05, 0) is 0 Å². The first-order valence-corrected chi connectivity index (χ1v) is 6.05. The van der Waals surface area contributed by atoms with Crippen molar-refractivity contribution >= 4 is 24.1 Å². The van der Waals surface area contributed by atoms with Crippen LogP contribution in [0, 0.1) is 0 Å². The van der Waals surface area contributed by atoms with Gasteiger partial charge in [-0.2, -0.15) is 17.7 Å². The Balaban J connectivity index is 2.26. The maximum absolute atomic E-state index is 11.9. The van der Waals surface area contributed by atoms with Crippen LogP contribution >= 0.6 is 12.6 Å². The Hall–Kier alpha value is -1.80. The molecule has 1 aliphatic rings. The van der Waals surface area contributed by atoms with Crippen LogP contribution in [-0.4, -0.2) is 33.0 Å². The molecule has 0 saturated carbocycles. The van der Waals surface area contributed by atoms with E-state index in [0.29, 0.717) is 29.2 Å². The number of hydroxylamine groups is 1. The van der Waals surface area contributed by atoms with Crippen molar-refractivity contribution in [3.05, 3.63) is 34.0 Å². The van der Waals surface area contributed by atoms with Crippen LogP contribution in [-0.2, 0) is 4.84 Å². The summed E-state index contributed by atoms with van der Waals surface area (Å²) in [6.07, 6.45) is 2.86. The standard InChI is InChI=1S/C10H11N5O2S/c16-7-3-11-8-1-2-12-15(8)9(7)10-13-6(5-18)4-17-14-10/h1-3,6,13-14,18H,4-5H2/b10-9+. The van der Waals surface area contributed by atoms with E-state index in [0.717, 1.165) is 0 Å². The summed E-state index contributed by atoms with van der Waals surface area (Å²) in [7, 11) is 0. The monoisotopic (exact) mass is 265 g/mol. The van der Waals surface area contributed by atoms with E-state index in [1.165, 1.54) is 10.7 Å². The predicted octanol–water partition coefficient (Wildman–Crippen LogP) is -1.70. The topological polar surface area (TPSA) is 80.6 Å². The normalized spacial score (nSPS) is 22.6. The highest BCUT2D eigenvalue weighted by Crippen LogP contribution is 1.99. The van der Waals surface area contributed by atoms with Crippen LogP contribution in [0.15, 0.2) is 23.3 Å². The van der Waals surface area contributed by atoms with Crippen molar-refractivity contribution in [3.8, 4) is 0 Å². The lowest BCUT2D eigenvalue weighted by molar-refractivity contribution is 0.0402. The van der Waals surface area contributed by atoms with Gasteiger partial charge in [0.1, 0.15) is 0 Å². The highest BCUT2D eigenvalue weighted by molar-refractivity contribution is 7.80. The average Bonchev–Trinajstić information content (AvgIpc) is 2.87.